The smallest absolute Gasteiger partial charge is 0.360 e. The molecule has 80 valence electrons. The molecular formula is C9H5F3INO. The van der Waals surface area contributed by atoms with Crippen molar-refractivity contribution in [3.8, 4) is 0 Å². The molecule has 15 heavy (non-hydrogen) atoms. The molecule has 1 aliphatic rings. The van der Waals surface area contributed by atoms with E-state index in [1.807, 2.05) is 4.08 Å². The summed E-state index contributed by atoms with van der Waals surface area (Å²) in [5.74, 6) is -1.78. The fraction of sp³-hybridized carbons (Fsp3) is 0.111. The van der Waals surface area contributed by atoms with Crippen LogP contribution in [-0.2, 0) is 0 Å². The van der Waals surface area contributed by atoms with Crippen molar-refractivity contribution < 1.29 is 18.0 Å². The minimum absolute atomic E-state index is 0.276. The summed E-state index contributed by atoms with van der Waals surface area (Å²) in [6.07, 6.45) is -1.96. The van der Waals surface area contributed by atoms with Crippen LogP contribution in [0.5, 0.6) is 0 Å². The van der Waals surface area contributed by atoms with E-state index in [0.717, 1.165) is 6.20 Å². The van der Waals surface area contributed by atoms with Gasteiger partial charge in [-0.15, -0.1) is 0 Å². The number of H-pyrrole nitrogens is 1. The van der Waals surface area contributed by atoms with Crippen LogP contribution in [0.15, 0.2) is 10.3 Å². The third-order valence-electron chi connectivity index (χ3n) is 1.93. The number of fused-ring (bicyclic) bond motifs is 1. The zero-order chi connectivity index (χ0) is 11.1. The third-order valence-corrected chi connectivity index (χ3v) is 3.69. The van der Waals surface area contributed by atoms with Crippen molar-refractivity contribution in [1.29, 1.82) is 0 Å². The van der Waals surface area contributed by atoms with Gasteiger partial charge in [0.05, 0.1) is 5.56 Å². The first kappa shape index (κ1) is 10.6. The Morgan fingerprint density at radius 3 is 2.80 bits per heavy atom. The summed E-state index contributed by atoms with van der Waals surface area (Å²) >= 11 is -0.372. The second-order valence-corrected chi connectivity index (χ2v) is 4.95. The minimum Gasteiger partial charge on any atom is -0.360 e. The fourth-order valence-corrected chi connectivity index (χ4v) is 3.05. The highest BCUT2D eigenvalue weighted by molar-refractivity contribution is 14.2. The largest absolute Gasteiger partial charge is 0.454 e. The molecule has 0 saturated carbocycles. The molecule has 1 aromatic rings. The fourth-order valence-electron chi connectivity index (χ4n) is 1.25. The van der Waals surface area contributed by atoms with Crippen LogP contribution in [0.2, 0.25) is 0 Å². The molecule has 2 heterocycles. The number of ketones is 1. The van der Waals surface area contributed by atoms with Gasteiger partial charge in [0.15, 0.2) is 0 Å². The van der Waals surface area contributed by atoms with Gasteiger partial charge >= 0.3 is 6.18 Å². The molecule has 6 heteroatoms. The summed E-state index contributed by atoms with van der Waals surface area (Å²) in [6, 6.07) is 0. The highest BCUT2D eigenvalue weighted by Crippen LogP contribution is 2.27. The molecule has 0 unspecified atom stereocenters. The first-order valence-corrected chi connectivity index (χ1v) is 6.44. The number of nitrogens with one attached hydrogen (secondary N) is 1. The number of hydrogen-bond acceptors (Lipinski definition) is 1. The second kappa shape index (κ2) is 3.58. The van der Waals surface area contributed by atoms with Crippen LogP contribution < -0.4 is 0 Å². The van der Waals surface area contributed by atoms with Crippen molar-refractivity contribution in [1.82, 2.24) is 4.98 Å². The quantitative estimate of drug-likeness (QED) is 0.624. The first-order valence-electron chi connectivity index (χ1n) is 3.95. The first-order chi connectivity index (χ1) is 7.00. The summed E-state index contributed by atoms with van der Waals surface area (Å²) in [7, 11) is 0. The van der Waals surface area contributed by atoms with Gasteiger partial charge in [-0.2, -0.15) is 13.2 Å². The predicted molar refractivity (Wildman–Crippen MR) is 59.4 cm³/mol. The van der Waals surface area contributed by atoms with Crippen molar-refractivity contribution in [2.45, 2.75) is 6.18 Å². The Morgan fingerprint density at radius 1 is 1.40 bits per heavy atom. The number of alkyl halides is 3. The molecule has 0 amide bonds. The van der Waals surface area contributed by atoms with Gasteiger partial charge in [0.25, 0.3) is 5.78 Å². The van der Waals surface area contributed by atoms with Crippen LogP contribution in [0.4, 0.5) is 13.2 Å². The Kier molecular flexibility index (Phi) is 2.53. The molecule has 0 aromatic carbocycles. The molecule has 0 radical (unpaired) electrons. The summed E-state index contributed by atoms with van der Waals surface area (Å²) in [6.45, 7) is 0. The highest BCUT2D eigenvalue weighted by atomic mass is 127. The van der Waals surface area contributed by atoms with Crippen LogP contribution in [0, 0.1) is 0 Å². The van der Waals surface area contributed by atoms with Crippen LogP contribution in [0.3, 0.4) is 0 Å². The maximum atomic E-state index is 12.2. The lowest BCUT2D eigenvalue weighted by molar-refractivity contribution is -0.0885. The molecule has 0 bridgehead atoms. The highest BCUT2D eigenvalue weighted by Gasteiger charge is 2.41. The van der Waals surface area contributed by atoms with Gasteiger partial charge in [-0.25, -0.2) is 0 Å². The molecule has 1 aromatic heterocycles. The zero-order valence-electron chi connectivity index (χ0n) is 7.23. The van der Waals surface area contributed by atoms with Crippen LogP contribution >= 0.6 is 20.7 Å². The third kappa shape index (κ3) is 1.90. The number of halogens is 4. The number of aromatic nitrogens is 1. The molecular weight excluding hydrogens is 322 g/mol. The van der Waals surface area contributed by atoms with Gasteiger partial charge in [-0.3, -0.25) is 4.79 Å². The number of aromatic amines is 1. The Balaban J connectivity index is 2.48. The zero-order valence-corrected chi connectivity index (χ0v) is 9.39. The van der Waals surface area contributed by atoms with E-state index in [4.69, 9.17) is 0 Å². The van der Waals surface area contributed by atoms with Crippen molar-refractivity contribution in [2.24, 2.45) is 0 Å². The normalized spacial score (nSPS) is 14.6. The van der Waals surface area contributed by atoms with Crippen molar-refractivity contribution in [3.63, 3.8) is 0 Å². The van der Waals surface area contributed by atoms with Gasteiger partial charge in [0.2, 0.25) is 0 Å². The number of rotatable bonds is 1. The summed E-state index contributed by atoms with van der Waals surface area (Å²) in [5, 5.41) is 0. The SMILES string of the molecule is O=C(c1c[nH]c2c1C=IC=C2)C(F)(F)F. The van der Waals surface area contributed by atoms with E-state index in [9.17, 15) is 18.0 Å². The van der Waals surface area contributed by atoms with E-state index in [1.54, 1.807) is 10.1 Å². The Hall–Kier alpha value is -0.920. The molecule has 0 fully saturated rings. The molecule has 1 aliphatic heterocycles. The monoisotopic (exact) mass is 327 g/mol. The number of carbonyl (C=O) groups is 1. The number of carbonyl (C=O) groups excluding carboxylic acids is 1. The van der Waals surface area contributed by atoms with Gasteiger partial charge in [0, 0.05) is 17.5 Å². The molecule has 0 spiro atoms. The lowest BCUT2D eigenvalue weighted by atomic mass is 10.1. The van der Waals surface area contributed by atoms with E-state index in [0.29, 0.717) is 11.3 Å². The Bertz CT molecular complexity index is 470. The summed E-state index contributed by atoms with van der Waals surface area (Å²) in [4.78, 5) is 13.7. The Morgan fingerprint density at radius 2 is 2.13 bits per heavy atom. The van der Waals surface area contributed by atoms with E-state index < -0.39 is 12.0 Å². The average molecular weight is 327 g/mol. The van der Waals surface area contributed by atoms with E-state index in [2.05, 4.69) is 4.98 Å². The number of hydrogen-bond donors (Lipinski definition) is 1. The molecule has 0 aliphatic carbocycles. The maximum absolute atomic E-state index is 12.2. The second-order valence-electron chi connectivity index (χ2n) is 2.88. The summed E-state index contributed by atoms with van der Waals surface area (Å²) < 4.78 is 40.2. The van der Waals surface area contributed by atoms with Crippen LogP contribution in [-0.4, -0.2) is 21.0 Å². The molecule has 2 nitrogen and oxygen atoms in total. The topological polar surface area (TPSA) is 32.9 Å². The van der Waals surface area contributed by atoms with Gasteiger partial charge < -0.3 is 4.98 Å². The van der Waals surface area contributed by atoms with Gasteiger partial charge in [-0.05, 0) is 14.2 Å². The molecule has 2 rings (SSSR count). The van der Waals surface area contributed by atoms with E-state index in [-0.39, 0.29) is 26.3 Å². The van der Waals surface area contributed by atoms with E-state index in [1.165, 1.54) is 0 Å². The van der Waals surface area contributed by atoms with Gasteiger partial charge in [-0.1, -0.05) is 20.7 Å². The minimum atomic E-state index is -4.80. The van der Waals surface area contributed by atoms with Crippen molar-refractivity contribution >= 4 is 36.6 Å². The molecule has 0 saturated heterocycles. The maximum Gasteiger partial charge on any atom is 0.454 e. The lowest BCUT2D eigenvalue weighted by Gasteiger charge is -2.05. The number of Topliss-reactive ketones (excluding diaryl/α,β-unsaturated/α-hetero) is 1. The molecule has 0 atom stereocenters. The van der Waals surface area contributed by atoms with Crippen molar-refractivity contribution in [3.05, 3.63) is 27.1 Å². The predicted octanol–water partition coefficient (Wildman–Crippen LogP) is 2.87. The van der Waals surface area contributed by atoms with Crippen LogP contribution in [0.1, 0.15) is 21.6 Å². The standard InChI is InChI=1S/C9H5F3INO/c10-9(11,12)8(15)6-4-14-7-1-2-13-3-5(6)7/h1-4,14H. The van der Waals surface area contributed by atoms with Crippen molar-refractivity contribution in [2.75, 3.05) is 0 Å². The average Bonchev–Trinajstić information content (AvgIpc) is 2.58. The Labute approximate surface area is 92.9 Å². The summed E-state index contributed by atoms with van der Waals surface area (Å²) in [5.41, 5.74) is 0.697. The lowest BCUT2D eigenvalue weighted by Crippen LogP contribution is -2.23. The van der Waals surface area contributed by atoms with E-state index >= 15 is 0 Å². The van der Waals surface area contributed by atoms with Gasteiger partial charge in [0.1, 0.15) is 0 Å². The molecule has 1 N–H and O–H groups in total. The van der Waals surface area contributed by atoms with Crippen LogP contribution in [0.25, 0.3) is 6.08 Å².